The summed E-state index contributed by atoms with van der Waals surface area (Å²) in [7, 11) is -3.49. The van der Waals surface area contributed by atoms with E-state index in [1.807, 2.05) is 18.2 Å². The summed E-state index contributed by atoms with van der Waals surface area (Å²) in [6, 6.07) is 15.4. The van der Waals surface area contributed by atoms with Crippen LogP contribution >= 0.6 is 0 Å². The molecule has 1 N–H and O–H groups in total. The molecule has 0 radical (unpaired) electrons. The number of anilines is 1. The maximum Gasteiger partial charge on any atom is 0.265 e. The van der Waals surface area contributed by atoms with Gasteiger partial charge in [0, 0.05) is 0 Å². The fourth-order valence-electron chi connectivity index (χ4n) is 2.06. The van der Waals surface area contributed by atoms with Gasteiger partial charge in [-0.05, 0) is 45.0 Å². The van der Waals surface area contributed by atoms with Gasteiger partial charge in [0.15, 0.2) is 15.9 Å². The third kappa shape index (κ3) is 4.14. The van der Waals surface area contributed by atoms with Gasteiger partial charge in [0.25, 0.3) is 5.91 Å². The molecule has 0 saturated carbocycles. The highest BCUT2D eigenvalue weighted by Gasteiger charge is 2.24. The fourth-order valence-corrected chi connectivity index (χ4v) is 3.26. The van der Waals surface area contributed by atoms with Crippen molar-refractivity contribution in [1.29, 1.82) is 0 Å². The van der Waals surface area contributed by atoms with Gasteiger partial charge in [-0.1, -0.05) is 30.3 Å². The Hall–Kier alpha value is -2.34. The van der Waals surface area contributed by atoms with Crippen molar-refractivity contribution in [3.05, 3.63) is 54.6 Å². The van der Waals surface area contributed by atoms with Crippen molar-refractivity contribution in [2.75, 3.05) is 5.32 Å². The van der Waals surface area contributed by atoms with Crippen LogP contribution in [0.25, 0.3) is 0 Å². The van der Waals surface area contributed by atoms with E-state index in [1.165, 1.54) is 6.07 Å². The molecule has 0 heterocycles. The van der Waals surface area contributed by atoms with Crippen LogP contribution in [-0.2, 0) is 14.6 Å². The normalized spacial score (nSPS) is 12.7. The second kappa shape index (κ2) is 7.49. The highest BCUT2D eigenvalue weighted by molar-refractivity contribution is 7.92. The SMILES string of the molecule is CC(Oc1ccccc1)C(=O)Nc1ccccc1S(=O)(=O)C(C)C. The Balaban J connectivity index is 2.18. The molecule has 2 rings (SSSR count). The maximum atomic E-state index is 12.4. The average molecular weight is 347 g/mol. The standard InChI is InChI=1S/C18H21NO4S/c1-13(2)24(21,22)17-12-8-7-11-16(17)19-18(20)14(3)23-15-9-5-4-6-10-15/h4-14H,1-3H3,(H,19,20). The number of carbonyl (C=O) groups is 1. The zero-order valence-electron chi connectivity index (χ0n) is 13.9. The first kappa shape index (κ1) is 18.0. The first-order valence-electron chi connectivity index (χ1n) is 7.68. The Labute approximate surface area is 142 Å². The number of carbonyl (C=O) groups excluding carboxylic acids is 1. The summed E-state index contributed by atoms with van der Waals surface area (Å²) in [6.45, 7) is 4.83. The molecule has 24 heavy (non-hydrogen) atoms. The topological polar surface area (TPSA) is 72.5 Å². The lowest BCUT2D eigenvalue weighted by Gasteiger charge is -2.17. The molecule has 0 aromatic heterocycles. The summed E-state index contributed by atoms with van der Waals surface area (Å²) in [5, 5.41) is 2.07. The Bertz CT molecular complexity index is 801. The van der Waals surface area contributed by atoms with Crippen molar-refractivity contribution >= 4 is 21.4 Å². The molecule has 0 saturated heterocycles. The number of amides is 1. The highest BCUT2D eigenvalue weighted by Crippen LogP contribution is 2.25. The fraction of sp³-hybridized carbons (Fsp3) is 0.278. The Kier molecular flexibility index (Phi) is 5.62. The molecule has 0 bridgehead atoms. The van der Waals surface area contributed by atoms with Gasteiger partial charge in [0.2, 0.25) is 0 Å². The largest absolute Gasteiger partial charge is 0.481 e. The molecule has 6 heteroatoms. The van der Waals surface area contributed by atoms with Gasteiger partial charge in [-0.3, -0.25) is 4.79 Å². The van der Waals surface area contributed by atoms with Gasteiger partial charge in [-0.15, -0.1) is 0 Å². The Morgan fingerprint density at radius 3 is 2.17 bits per heavy atom. The van der Waals surface area contributed by atoms with Crippen LogP contribution in [-0.4, -0.2) is 25.7 Å². The summed E-state index contributed by atoms with van der Waals surface area (Å²) in [5.74, 6) is 0.161. The number of nitrogens with one attached hydrogen (secondary N) is 1. The molecule has 1 amide bonds. The van der Waals surface area contributed by atoms with Crippen molar-refractivity contribution in [3.8, 4) is 5.75 Å². The molecular formula is C18H21NO4S. The number of para-hydroxylation sites is 2. The smallest absolute Gasteiger partial charge is 0.265 e. The van der Waals surface area contributed by atoms with Gasteiger partial charge in [-0.25, -0.2) is 8.42 Å². The van der Waals surface area contributed by atoms with E-state index in [4.69, 9.17) is 4.74 Å². The van der Waals surface area contributed by atoms with E-state index >= 15 is 0 Å². The van der Waals surface area contributed by atoms with Crippen molar-refractivity contribution in [1.82, 2.24) is 0 Å². The molecule has 1 atom stereocenters. The number of hydrogen-bond donors (Lipinski definition) is 1. The van der Waals surface area contributed by atoms with Crippen LogP contribution in [0.15, 0.2) is 59.5 Å². The predicted octanol–water partition coefficient (Wildman–Crippen LogP) is 3.27. The molecule has 2 aromatic rings. The van der Waals surface area contributed by atoms with Crippen LogP contribution in [0.5, 0.6) is 5.75 Å². The van der Waals surface area contributed by atoms with Crippen LogP contribution < -0.4 is 10.1 Å². The Morgan fingerprint density at radius 1 is 0.958 bits per heavy atom. The predicted molar refractivity (Wildman–Crippen MR) is 93.9 cm³/mol. The van der Waals surface area contributed by atoms with Gasteiger partial charge < -0.3 is 10.1 Å². The van der Waals surface area contributed by atoms with E-state index in [1.54, 1.807) is 51.1 Å². The number of rotatable bonds is 6. The molecular weight excluding hydrogens is 326 g/mol. The van der Waals surface area contributed by atoms with Crippen molar-refractivity contribution in [2.24, 2.45) is 0 Å². The first-order chi connectivity index (χ1) is 11.3. The molecule has 1 unspecified atom stereocenters. The van der Waals surface area contributed by atoms with E-state index in [0.29, 0.717) is 5.75 Å². The first-order valence-corrected chi connectivity index (χ1v) is 9.22. The highest BCUT2D eigenvalue weighted by atomic mass is 32.2. The third-order valence-corrected chi connectivity index (χ3v) is 5.71. The molecule has 2 aromatic carbocycles. The second-order valence-electron chi connectivity index (χ2n) is 5.65. The van der Waals surface area contributed by atoms with Crippen LogP contribution in [0.3, 0.4) is 0 Å². The lowest BCUT2D eigenvalue weighted by molar-refractivity contribution is -0.122. The maximum absolute atomic E-state index is 12.4. The Morgan fingerprint density at radius 2 is 1.54 bits per heavy atom. The molecule has 0 fully saturated rings. The zero-order valence-corrected chi connectivity index (χ0v) is 14.7. The van der Waals surface area contributed by atoms with E-state index in [2.05, 4.69) is 5.32 Å². The van der Waals surface area contributed by atoms with Gasteiger partial charge in [0.1, 0.15) is 5.75 Å². The monoisotopic (exact) mass is 347 g/mol. The summed E-state index contributed by atoms with van der Waals surface area (Å²) in [4.78, 5) is 12.4. The number of ether oxygens (including phenoxy) is 1. The zero-order chi connectivity index (χ0) is 17.7. The molecule has 0 spiro atoms. The van der Waals surface area contributed by atoms with Crippen LogP contribution in [0.2, 0.25) is 0 Å². The van der Waals surface area contributed by atoms with Crippen molar-refractivity contribution in [2.45, 2.75) is 37.0 Å². The van der Waals surface area contributed by atoms with Crippen molar-refractivity contribution in [3.63, 3.8) is 0 Å². The number of sulfone groups is 1. The van der Waals surface area contributed by atoms with E-state index in [0.717, 1.165) is 0 Å². The summed E-state index contributed by atoms with van der Waals surface area (Å²) in [6.07, 6.45) is -0.762. The quantitative estimate of drug-likeness (QED) is 0.870. The lowest BCUT2D eigenvalue weighted by Crippen LogP contribution is -2.31. The number of benzene rings is 2. The van der Waals surface area contributed by atoms with E-state index in [9.17, 15) is 13.2 Å². The minimum Gasteiger partial charge on any atom is -0.481 e. The summed E-state index contributed by atoms with van der Waals surface area (Å²) >= 11 is 0. The summed E-state index contributed by atoms with van der Waals surface area (Å²) in [5.41, 5.74) is 0.264. The molecule has 128 valence electrons. The molecule has 0 aliphatic heterocycles. The molecule has 0 aliphatic carbocycles. The van der Waals surface area contributed by atoms with E-state index < -0.39 is 27.1 Å². The summed E-state index contributed by atoms with van der Waals surface area (Å²) < 4.78 is 30.4. The molecule has 5 nitrogen and oxygen atoms in total. The van der Waals surface area contributed by atoms with Gasteiger partial charge >= 0.3 is 0 Å². The average Bonchev–Trinajstić information content (AvgIpc) is 2.56. The van der Waals surface area contributed by atoms with Crippen LogP contribution in [0.1, 0.15) is 20.8 Å². The van der Waals surface area contributed by atoms with Crippen LogP contribution in [0.4, 0.5) is 5.69 Å². The third-order valence-electron chi connectivity index (χ3n) is 3.50. The van der Waals surface area contributed by atoms with Crippen LogP contribution in [0, 0.1) is 0 Å². The minimum absolute atomic E-state index is 0.111. The lowest BCUT2D eigenvalue weighted by atomic mass is 10.3. The van der Waals surface area contributed by atoms with Crippen molar-refractivity contribution < 1.29 is 17.9 Å². The van der Waals surface area contributed by atoms with Gasteiger partial charge in [0.05, 0.1) is 15.8 Å². The van der Waals surface area contributed by atoms with Gasteiger partial charge in [-0.2, -0.15) is 0 Å². The van der Waals surface area contributed by atoms with E-state index in [-0.39, 0.29) is 10.6 Å². The number of hydrogen-bond acceptors (Lipinski definition) is 4. The minimum atomic E-state index is -3.49. The second-order valence-corrected chi connectivity index (χ2v) is 8.12. The molecule has 0 aliphatic rings.